The molecule has 0 spiro atoms. The van der Waals surface area contributed by atoms with E-state index < -0.39 is 23.3 Å². The van der Waals surface area contributed by atoms with Crippen molar-refractivity contribution in [2.24, 2.45) is 0 Å². The molecule has 4 atom stereocenters. The molecule has 1 saturated carbocycles. The van der Waals surface area contributed by atoms with E-state index in [1.54, 1.807) is 0 Å². The summed E-state index contributed by atoms with van der Waals surface area (Å²) < 4.78 is 59.2. The lowest BCUT2D eigenvalue weighted by Gasteiger charge is -2.32. The zero-order valence-electron chi connectivity index (χ0n) is 23.8. The fourth-order valence-corrected chi connectivity index (χ4v) is 9.05. The van der Waals surface area contributed by atoms with Gasteiger partial charge in [-0.1, -0.05) is 17.7 Å². The van der Waals surface area contributed by atoms with Crippen LogP contribution in [0.3, 0.4) is 0 Å². The normalized spacial score (nSPS) is 26.1. The summed E-state index contributed by atoms with van der Waals surface area (Å²) in [7, 11) is 1.91. The lowest BCUT2D eigenvalue weighted by molar-refractivity contribution is 0.107. The Kier molecular flexibility index (Phi) is 6.35. The first-order chi connectivity index (χ1) is 21.2. The highest BCUT2D eigenvalue weighted by Gasteiger charge is 2.49. The number of nitrogen functional groups attached to an aromatic ring is 1. The predicted molar refractivity (Wildman–Crippen MR) is 163 cm³/mol. The van der Waals surface area contributed by atoms with E-state index in [-0.39, 0.29) is 72.8 Å². The summed E-state index contributed by atoms with van der Waals surface area (Å²) >= 11 is 7.95. The van der Waals surface area contributed by atoms with Gasteiger partial charge in [0.1, 0.15) is 47.1 Å². The van der Waals surface area contributed by atoms with Gasteiger partial charge in [0.15, 0.2) is 11.6 Å². The van der Waals surface area contributed by atoms with E-state index in [0.29, 0.717) is 24.2 Å². The van der Waals surface area contributed by atoms with Crippen molar-refractivity contribution in [2.45, 2.75) is 62.4 Å². The number of anilines is 2. The number of hydrogen-bond acceptors (Lipinski definition) is 9. The van der Waals surface area contributed by atoms with E-state index in [9.17, 15) is 14.0 Å². The van der Waals surface area contributed by atoms with Crippen LogP contribution in [0.5, 0.6) is 11.8 Å². The zero-order valence-corrected chi connectivity index (χ0v) is 25.4. The van der Waals surface area contributed by atoms with Crippen molar-refractivity contribution < 1.29 is 22.6 Å². The lowest BCUT2D eigenvalue weighted by Crippen LogP contribution is -2.43. The van der Waals surface area contributed by atoms with Gasteiger partial charge in [-0.25, -0.2) is 13.2 Å². The Morgan fingerprint density at radius 2 is 2.11 bits per heavy atom. The number of fused-ring (bicyclic) bond motifs is 4. The molecule has 4 aromatic rings. The minimum atomic E-state index is -0.926. The SMILES string of the molecule is CN1c2nc(OC[C@@]34CCCN3C[C@H](F)C4)nc3c(F)c(-c4ccc(F)c5sc(N)c(C#N)c45)c(Cl)c(c23)OC2CCC1C2. The number of aromatic nitrogens is 2. The molecule has 5 heterocycles. The fraction of sp³-hybridized carbons (Fsp3) is 0.452. The summed E-state index contributed by atoms with van der Waals surface area (Å²) in [5.74, 6) is -0.700. The summed E-state index contributed by atoms with van der Waals surface area (Å²) in [5.41, 5.74) is 5.75. The summed E-state index contributed by atoms with van der Waals surface area (Å²) in [6, 6.07) is 4.72. The van der Waals surface area contributed by atoms with Crippen molar-refractivity contribution in [3.8, 4) is 29.0 Å². The van der Waals surface area contributed by atoms with Crippen LogP contribution in [-0.2, 0) is 0 Å². The summed E-state index contributed by atoms with van der Waals surface area (Å²) in [6.07, 6.45) is 3.37. The van der Waals surface area contributed by atoms with Crippen LogP contribution >= 0.6 is 22.9 Å². The Bertz CT molecular complexity index is 1920. The third-order valence-electron chi connectivity index (χ3n) is 9.90. The van der Waals surface area contributed by atoms with E-state index in [4.69, 9.17) is 31.8 Å². The average Bonchev–Trinajstić information content (AvgIpc) is 3.76. The number of hydrogen-bond donors (Lipinski definition) is 1. The molecule has 228 valence electrons. The second-order valence-electron chi connectivity index (χ2n) is 12.3. The maximum atomic E-state index is 17.0. The molecule has 3 aliphatic heterocycles. The molecule has 4 aliphatic rings. The van der Waals surface area contributed by atoms with Crippen LogP contribution in [0, 0.1) is 23.0 Å². The maximum Gasteiger partial charge on any atom is 0.319 e. The molecule has 2 saturated heterocycles. The van der Waals surface area contributed by atoms with Gasteiger partial charge in [-0.2, -0.15) is 15.2 Å². The molecule has 2 aromatic carbocycles. The van der Waals surface area contributed by atoms with Crippen LogP contribution < -0.4 is 20.1 Å². The number of nitriles is 1. The van der Waals surface area contributed by atoms with Gasteiger partial charge in [0.05, 0.1) is 26.2 Å². The summed E-state index contributed by atoms with van der Waals surface area (Å²) in [5, 5.41) is 10.5. The first-order valence-electron chi connectivity index (χ1n) is 14.7. The van der Waals surface area contributed by atoms with Crippen molar-refractivity contribution >= 4 is 54.7 Å². The highest BCUT2D eigenvalue weighted by atomic mass is 35.5. The smallest absolute Gasteiger partial charge is 0.319 e. The molecular formula is C31H28ClF3N6O2S. The van der Waals surface area contributed by atoms with Crippen molar-refractivity contribution in [2.75, 3.05) is 37.4 Å². The van der Waals surface area contributed by atoms with E-state index >= 15 is 4.39 Å². The van der Waals surface area contributed by atoms with Crippen LogP contribution in [0.1, 0.15) is 44.1 Å². The number of nitrogens with two attached hydrogens (primary N) is 1. The Labute approximate surface area is 260 Å². The predicted octanol–water partition coefficient (Wildman–Crippen LogP) is 6.60. The average molecular weight is 641 g/mol. The first-order valence-corrected chi connectivity index (χ1v) is 15.9. The Hall–Kier alpha value is -3.53. The molecule has 2 bridgehead atoms. The molecule has 1 aliphatic carbocycles. The van der Waals surface area contributed by atoms with Crippen molar-refractivity contribution in [1.82, 2.24) is 14.9 Å². The second kappa shape index (κ2) is 9.99. The Morgan fingerprint density at radius 1 is 1.27 bits per heavy atom. The summed E-state index contributed by atoms with van der Waals surface area (Å²) in [4.78, 5) is 13.5. The van der Waals surface area contributed by atoms with Gasteiger partial charge in [0, 0.05) is 43.4 Å². The number of ether oxygens (including phenoxy) is 2. The number of thiophene rings is 1. The number of benzene rings is 2. The monoisotopic (exact) mass is 640 g/mol. The van der Waals surface area contributed by atoms with Gasteiger partial charge in [-0.05, 0) is 43.9 Å². The largest absolute Gasteiger partial charge is 0.488 e. The highest BCUT2D eigenvalue weighted by molar-refractivity contribution is 7.23. The van der Waals surface area contributed by atoms with Crippen LogP contribution in [-0.4, -0.2) is 65.5 Å². The minimum absolute atomic E-state index is 0.0192. The lowest BCUT2D eigenvalue weighted by atomic mass is 9.95. The quantitative estimate of drug-likeness (QED) is 0.266. The molecule has 2 unspecified atom stereocenters. The van der Waals surface area contributed by atoms with Gasteiger partial charge in [0.2, 0.25) is 0 Å². The topological polar surface area (TPSA) is 101 Å². The number of alkyl halides is 1. The molecule has 3 fully saturated rings. The standard InChI is InChI=1S/C31H28ClF3N6O2S/c1-40-15-3-4-16(9-15)43-26-22-25(38-30(39-29(22)40)42-13-31-7-2-8-41(31)12-14(33)10-31)24(35)21(23(26)32)17-5-6-19(34)27-20(17)18(11-36)28(37)44-27/h5-6,14-16H,2-4,7-10,12-13,37H2,1H3/t14-,15?,16?,31+/m1/s1. The molecule has 2 N–H and O–H groups in total. The molecule has 0 amide bonds. The van der Waals surface area contributed by atoms with E-state index in [0.717, 1.165) is 50.0 Å². The Morgan fingerprint density at radius 3 is 2.93 bits per heavy atom. The van der Waals surface area contributed by atoms with E-state index in [1.807, 2.05) is 18.0 Å². The zero-order chi connectivity index (χ0) is 30.5. The summed E-state index contributed by atoms with van der Waals surface area (Å²) in [6.45, 7) is 1.36. The maximum absolute atomic E-state index is 17.0. The van der Waals surface area contributed by atoms with Crippen LogP contribution in [0.4, 0.5) is 24.0 Å². The molecule has 2 aromatic heterocycles. The van der Waals surface area contributed by atoms with Gasteiger partial charge in [-0.3, -0.25) is 4.90 Å². The second-order valence-corrected chi connectivity index (χ2v) is 13.7. The Balaban J connectivity index is 1.36. The van der Waals surface area contributed by atoms with Gasteiger partial charge >= 0.3 is 6.01 Å². The number of rotatable bonds is 4. The van der Waals surface area contributed by atoms with Gasteiger partial charge in [-0.15, -0.1) is 11.3 Å². The minimum Gasteiger partial charge on any atom is -0.488 e. The van der Waals surface area contributed by atoms with Crippen molar-refractivity contribution in [3.05, 3.63) is 34.4 Å². The molecule has 13 heteroatoms. The van der Waals surface area contributed by atoms with Gasteiger partial charge < -0.3 is 20.1 Å². The van der Waals surface area contributed by atoms with E-state index in [2.05, 4.69) is 9.88 Å². The number of nitrogens with zero attached hydrogens (tertiary/aromatic N) is 5. The van der Waals surface area contributed by atoms with Crippen molar-refractivity contribution in [1.29, 1.82) is 5.26 Å². The fourth-order valence-electron chi connectivity index (χ4n) is 7.77. The first kappa shape index (κ1) is 28.0. The van der Waals surface area contributed by atoms with Crippen LogP contribution in [0.15, 0.2) is 12.1 Å². The van der Waals surface area contributed by atoms with Gasteiger partial charge in [0.25, 0.3) is 0 Å². The van der Waals surface area contributed by atoms with Crippen LogP contribution in [0.25, 0.3) is 32.1 Å². The number of halogens is 4. The van der Waals surface area contributed by atoms with E-state index in [1.165, 1.54) is 12.1 Å². The highest BCUT2D eigenvalue weighted by Crippen LogP contribution is 2.52. The molecule has 8 rings (SSSR count). The third-order valence-corrected chi connectivity index (χ3v) is 11.3. The third kappa shape index (κ3) is 3.98. The molecule has 8 nitrogen and oxygen atoms in total. The molecular weight excluding hydrogens is 613 g/mol. The molecule has 44 heavy (non-hydrogen) atoms. The molecule has 0 radical (unpaired) electrons. The van der Waals surface area contributed by atoms with Crippen LogP contribution in [0.2, 0.25) is 5.02 Å². The van der Waals surface area contributed by atoms with Crippen molar-refractivity contribution in [3.63, 3.8) is 0 Å².